The van der Waals surface area contributed by atoms with E-state index in [0.717, 1.165) is 39.5 Å². The number of benzene rings is 3. The number of pyridine rings is 2. The number of nitrogens with zero attached hydrogens (tertiary/aromatic N) is 6. The van der Waals surface area contributed by atoms with Crippen LogP contribution in [0.2, 0.25) is 0 Å². The predicted octanol–water partition coefficient (Wildman–Crippen LogP) is 6.31. The largest absolute Gasteiger partial charge is 0.350 e. The highest BCUT2D eigenvalue weighted by atomic mass is 32.2. The molecule has 0 spiro atoms. The van der Waals surface area contributed by atoms with Crippen molar-refractivity contribution in [3.05, 3.63) is 164 Å². The first-order valence-corrected chi connectivity index (χ1v) is 16.8. The van der Waals surface area contributed by atoms with E-state index in [1.807, 2.05) is 36.4 Å². The smallest absolute Gasteiger partial charge is 0.255 e. The highest BCUT2D eigenvalue weighted by Gasteiger charge is 2.12. The molecule has 264 valence electrons. The van der Waals surface area contributed by atoms with Gasteiger partial charge >= 0.3 is 0 Å². The molecule has 14 heteroatoms. The van der Waals surface area contributed by atoms with Crippen molar-refractivity contribution >= 4 is 40.1 Å². The minimum atomic E-state index is -0.304. The molecular weight excluding hydrogens is 689 g/mol. The van der Waals surface area contributed by atoms with E-state index < -0.39 is 0 Å². The summed E-state index contributed by atoms with van der Waals surface area (Å²) < 4.78 is 33.8. The van der Waals surface area contributed by atoms with Crippen LogP contribution in [-0.4, -0.2) is 36.2 Å². The molecule has 4 heterocycles. The molecule has 0 bridgehead atoms. The molecule has 0 unspecified atom stereocenters. The molecule has 52 heavy (non-hydrogen) atoms. The number of aromatic nitrogens is 6. The van der Waals surface area contributed by atoms with Crippen LogP contribution in [-0.2, 0) is 42.7 Å². The third kappa shape index (κ3) is 8.72. The fraction of sp³-hybridized carbons (Fsp3) is 0.158. The molecule has 0 saturated carbocycles. The number of fused-ring (bicyclic) bond motifs is 2. The molecule has 7 rings (SSSR count). The monoisotopic (exact) mass is 721 g/mol. The number of rotatable bonds is 10. The summed E-state index contributed by atoms with van der Waals surface area (Å²) in [5.41, 5.74) is 4.85. The summed E-state index contributed by atoms with van der Waals surface area (Å²) in [6.45, 7) is 0.600. The van der Waals surface area contributed by atoms with Crippen LogP contribution in [0, 0.1) is 11.6 Å². The van der Waals surface area contributed by atoms with Crippen LogP contribution >= 0.6 is 12.0 Å². The first-order chi connectivity index (χ1) is 25.2. The summed E-state index contributed by atoms with van der Waals surface area (Å²) in [5.74, 6) is -0.126. The Morgan fingerprint density at radius 1 is 0.692 bits per heavy atom. The van der Waals surface area contributed by atoms with Gasteiger partial charge in [0.1, 0.15) is 35.0 Å². The Hall–Kier alpha value is -5.83. The summed E-state index contributed by atoms with van der Waals surface area (Å²) in [4.78, 5) is 47.1. The first kappa shape index (κ1) is 36.0. The third-order valence-electron chi connectivity index (χ3n) is 8.11. The zero-order valence-electron chi connectivity index (χ0n) is 28.4. The second-order valence-electron chi connectivity index (χ2n) is 11.7. The van der Waals surface area contributed by atoms with E-state index in [9.17, 15) is 18.4 Å². The van der Waals surface area contributed by atoms with E-state index in [4.69, 9.17) is 4.33 Å². The van der Waals surface area contributed by atoms with Gasteiger partial charge in [-0.3, -0.25) is 18.7 Å². The quantitative estimate of drug-likeness (QED) is 0.0743. The number of hydrogen-bond donors (Lipinski definition) is 1. The van der Waals surface area contributed by atoms with E-state index in [1.165, 1.54) is 40.5 Å². The molecule has 7 aromatic rings. The Kier molecular flexibility index (Phi) is 11.4. The molecular formula is C38H33F2N7O4S. The second-order valence-corrected chi connectivity index (χ2v) is 12.4. The van der Waals surface area contributed by atoms with Crippen molar-refractivity contribution < 1.29 is 18.0 Å². The van der Waals surface area contributed by atoms with Gasteiger partial charge in [0, 0.05) is 67.8 Å². The Morgan fingerprint density at radius 3 is 1.75 bits per heavy atom. The summed E-state index contributed by atoms with van der Waals surface area (Å²) in [7, 11) is 4.73. The predicted molar refractivity (Wildman–Crippen MR) is 196 cm³/mol. The summed E-state index contributed by atoms with van der Waals surface area (Å²) in [6.07, 6.45) is 4.17. The summed E-state index contributed by atoms with van der Waals surface area (Å²) >= 11 is 0.863. The molecule has 0 radical (unpaired) electrons. The molecule has 0 aliphatic rings. The lowest BCUT2D eigenvalue weighted by Gasteiger charge is -2.10. The van der Waals surface area contributed by atoms with Crippen molar-refractivity contribution in [3.63, 3.8) is 0 Å². The normalized spacial score (nSPS) is 11.0. The van der Waals surface area contributed by atoms with E-state index >= 15 is 0 Å². The van der Waals surface area contributed by atoms with Gasteiger partial charge in [-0.1, -0.05) is 54.6 Å². The van der Waals surface area contributed by atoms with Gasteiger partial charge in [0.15, 0.2) is 0 Å². The Morgan fingerprint density at radius 2 is 1.21 bits per heavy atom. The average molecular weight is 722 g/mol. The third-order valence-corrected chi connectivity index (χ3v) is 8.66. The molecule has 0 amide bonds. The Labute approximate surface area is 301 Å². The van der Waals surface area contributed by atoms with Crippen molar-refractivity contribution in [1.82, 2.24) is 29.1 Å². The van der Waals surface area contributed by atoms with Crippen molar-refractivity contribution in [2.45, 2.75) is 24.5 Å². The van der Waals surface area contributed by atoms with Gasteiger partial charge in [-0.25, -0.2) is 28.6 Å². The summed E-state index contributed by atoms with van der Waals surface area (Å²) in [6, 6.07) is 25.8. The van der Waals surface area contributed by atoms with Gasteiger partial charge in [-0.15, -0.1) is 0 Å². The molecule has 3 aromatic carbocycles. The van der Waals surface area contributed by atoms with Crippen LogP contribution in [0.4, 0.5) is 14.7 Å². The van der Waals surface area contributed by atoms with Crippen LogP contribution in [0.15, 0.2) is 118 Å². The molecule has 0 aliphatic heterocycles. The van der Waals surface area contributed by atoms with E-state index in [0.29, 0.717) is 52.9 Å². The van der Waals surface area contributed by atoms with Crippen LogP contribution in [0.1, 0.15) is 27.8 Å². The van der Waals surface area contributed by atoms with Crippen molar-refractivity contribution in [2.75, 3.05) is 12.4 Å². The zero-order chi connectivity index (χ0) is 36.6. The fourth-order valence-electron chi connectivity index (χ4n) is 5.48. The van der Waals surface area contributed by atoms with E-state index in [2.05, 4.69) is 30.1 Å². The molecule has 1 N–H and O–H groups in total. The second kappa shape index (κ2) is 16.5. The minimum absolute atomic E-state index is 0.121. The molecule has 0 atom stereocenters. The topological polar surface area (TPSA) is 126 Å². The fourth-order valence-corrected chi connectivity index (χ4v) is 5.82. The van der Waals surface area contributed by atoms with Crippen LogP contribution in [0.3, 0.4) is 0 Å². The number of hydrogen-bond acceptors (Lipinski definition) is 10. The van der Waals surface area contributed by atoms with Gasteiger partial charge in [0.2, 0.25) is 11.1 Å². The van der Waals surface area contributed by atoms with Crippen LogP contribution in [0.25, 0.3) is 22.1 Å². The average Bonchev–Trinajstić information content (AvgIpc) is 3.16. The molecule has 0 aliphatic carbocycles. The molecule has 11 nitrogen and oxygen atoms in total. The number of halogens is 2. The van der Waals surface area contributed by atoms with Crippen LogP contribution < -0.4 is 16.4 Å². The first-order valence-electron chi connectivity index (χ1n) is 16.0. The molecule has 0 fully saturated rings. The maximum atomic E-state index is 13.1. The van der Waals surface area contributed by atoms with E-state index in [1.54, 1.807) is 56.8 Å². The van der Waals surface area contributed by atoms with Crippen molar-refractivity contribution in [2.24, 2.45) is 14.1 Å². The molecule has 0 saturated heterocycles. The lowest BCUT2D eigenvalue weighted by Crippen LogP contribution is -2.22. The highest BCUT2D eigenvalue weighted by Crippen LogP contribution is 2.19. The number of anilines is 1. The lowest BCUT2D eigenvalue weighted by atomic mass is 10.1. The van der Waals surface area contributed by atoms with Gasteiger partial charge in [-0.05, 0) is 53.1 Å². The summed E-state index contributed by atoms with van der Waals surface area (Å²) in [5, 5.41) is 5.04. The Balaban J connectivity index is 0.000000181. The zero-order valence-corrected chi connectivity index (χ0v) is 29.2. The van der Waals surface area contributed by atoms with Crippen molar-refractivity contribution in [1.29, 1.82) is 0 Å². The SMILES string of the molecule is COOSc1ncc2cc(Cc3ccc(F)cc3)c(=O)n(C)c2n1.Cn1c(=O)c(Cc2ccc(F)cc2)cc2cnc(NCc3ccccc3)nc21. The lowest BCUT2D eigenvalue weighted by molar-refractivity contribution is -0.160. The van der Waals surface area contributed by atoms with Gasteiger partial charge in [-0.2, -0.15) is 9.32 Å². The van der Waals surface area contributed by atoms with E-state index in [-0.39, 0.29) is 22.8 Å². The number of aryl methyl sites for hydroxylation is 2. The Bertz CT molecular complexity index is 2440. The van der Waals surface area contributed by atoms with Gasteiger partial charge < -0.3 is 5.32 Å². The maximum absolute atomic E-state index is 13.1. The van der Waals surface area contributed by atoms with Crippen LogP contribution in [0.5, 0.6) is 0 Å². The maximum Gasteiger partial charge on any atom is 0.255 e. The minimum Gasteiger partial charge on any atom is -0.350 e. The van der Waals surface area contributed by atoms with Gasteiger partial charge in [0.05, 0.1) is 7.11 Å². The highest BCUT2D eigenvalue weighted by molar-refractivity contribution is 7.94. The molecule has 4 aromatic heterocycles. The van der Waals surface area contributed by atoms with Gasteiger partial charge in [0.25, 0.3) is 11.1 Å². The standard InChI is InChI=1S/C22H19FN4O.C16H14FN3O3S/c1-27-20-18(12-17(21(27)28)11-15-7-9-19(23)10-8-15)14-25-22(26-20)24-13-16-5-3-2-4-6-16;1-20-14-12(9-18-16(19-14)24-23-22-2)8-11(15(20)21)7-10-3-5-13(17)6-4-10/h2-10,12,14H,11,13H2,1H3,(H,24,25,26);3-6,8-9H,7H2,1-2H3. The number of nitrogens with one attached hydrogen (secondary N) is 1. The van der Waals surface area contributed by atoms with Crippen molar-refractivity contribution in [3.8, 4) is 0 Å².